The summed E-state index contributed by atoms with van der Waals surface area (Å²) in [6, 6.07) is 90.1. The van der Waals surface area contributed by atoms with Crippen molar-refractivity contribution in [3.63, 3.8) is 0 Å². The van der Waals surface area contributed by atoms with E-state index in [2.05, 4.69) is 224 Å². The lowest BCUT2D eigenvalue weighted by atomic mass is 9.98. The molecule has 342 valence electrons. The monoisotopic (exact) mass is 933 g/mol. The Balaban J connectivity index is 0.883. The van der Waals surface area contributed by atoms with Crippen molar-refractivity contribution in [1.82, 2.24) is 24.9 Å². The van der Waals surface area contributed by atoms with Gasteiger partial charge >= 0.3 is 0 Å². The zero-order valence-corrected chi connectivity index (χ0v) is 39.5. The normalized spacial score (nSPS) is 11.3. The highest BCUT2D eigenvalue weighted by Gasteiger charge is 2.17. The van der Waals surface area contributed by atoms with E-state index < -0.39 is 0 Å². The lowest BCUT2D eigenvalue weighted by molar-refractivity contribution is 0.669. The Labute approximate surface area is 422 Å². The summed E-state index contributed by atoms with van der Waals surface area (Å²) in [5.41, 5.74) is 17.7. The van der Waals surface area contributed by atoms with Crippen LogP contribution in [0.15, 0.2) is 265 Å². The van der Waals surface area contributed by atoms with E-state index in [1.807, 2.05) is 36.4 Å². The molecular weight excluding hydrogens is 891 g/mol. The average molecular weight is 934 g/mol. The molecule has 0 N–H and O–H groups in total. The maximum absolute atomic E-state index is 6.33. The zero-order chi connectivity index (χ0) is 48.5. The fraction of sp³-hybridized carbons (Fsp3) is 0. The van der Waals surface area contributed by atoms with Gasteiger partial charge in [0.1, 0.15) is 11.2 Å². The minimum absolute atomic E-state index is 0.585. The van der Waals surface area contributed by atoms with Gasteiger partial charge in [-0.15, -0.1) is 0 Å². The smallest absolute Gasteiger partial charge is 0.164 e. The Morgan fingerprint density at radius 2 is 0.534 bits per heavy atom. The molecule has 0 saturated carbocycles. The van der Waals surface area contributed by atoms with Gasteiger partial charge in [-0.05, 0) is 80.9 Å². The molecule has 0 bridgehead atoms. The van der Waals surface area contributed by atoms with Crippen LogP contribution >= 0.6 is 0 Å². The summed E-state index contributed by atoms with van der Waals surface area (Å²) in [5.74, 6) is 2.40. The average Bonchev–Trinajstić information content (AvgIpc) is 3.86. The highest BCUT2D eigenvalue weighted by Crippen LogP contribution is 2.36. The Bertz CT molecular complexity index is 4000. The molecule has 6 nitrogen and oxygen atoms in total. The molecule has 3 aromatic heterocycles. The number of nitrogens with zero attached hydrogens (tertiary/aromatic N) is 5. The number of para-hydroxylation sites is 1. The number of furan rings is 1. The fourth-order valence-corrected chi connectivity index (χ4v) is 9.55. The predicted octanol–water partition coefficient (Wildman–Crippen LogP) is 17.2. The van der Waals surface area contributed by atoms with E-state index in [1.54, 1.807) is 0 Å². The second-order valence-electron chi connectivity index (χ2n) is 18.1. The third-order valence-corrected chi connectivity index (χ3v) is 13.4. The van der Waals surface area contributed by atoms with Crippen molar-refractivity contribution in [2.75, 3.05) is 0 Å². The number of hydrogen-bond donors (Lipinski definition) is 0. The van der Waals surface area contributed by atoms with Crippen LogP contribution in [0, 0.1) is 0 Å². The fourth-order valence-electron chi connectivity index (χ4n) is 9.55. The van der Waals surface area contributed by atoms with Crippen LogP contribution in [0.5, 0.6) is 0 Å². The summed E-state index contributed by atoms with van der Waals surface area (Å²) in [7, 11) is 0. The molecule has 13 rings (SSSR count). The second-order valence-corrected chi connectivity index (χ2v) is 18.1. The van der Waals surface area contributed by atoms with Crippen molar-refractivity contribution >= 4 is 21.9 Å². The molecule has 0 atom stereocenters. The van der Waals surface area contributed by atoms with Crippen LogP contribution in [0.25, 0.3) is 135 Å². The largest absolute Gasteiger partial charge is 0.456 e. The van der Waals surface area contributed by atoms with Gasteiger partial charge in [0.2, 0.25) is 0 Å². The molecule has 0 aliphatic carbocycles. The third kappa shape index (κ3) is 8.75. The van der Waals surface area contributed by atoms with Crippen molar-refractivity contribution in [2.45, 2.75) is 0 Å². The zero-order valence-electron chi connectivity index (χ0n) is 39.5. The lowest BCUT2D eigenvalue weighted by Gasteiger charge is -2.12. The van der Waals surface area contributed by atoms with Crippen molar-refractivity contribution in [2.24, 2.45) is 0 Å². The quantitative estimate of drug-likeness (QED) is 0.136. The molecule has 0 aliphatic rings. The van der Waals surface area contributed by atoms with Crippen LogP contribution in [0.3, 0.4) is 0 Å². The highest BCUT2D eigenvalue weighted by molar-refractivity contribution is 6.05. The van der Waals surface area contributed by atoms with Gasteiger partial charge in [-0.3, -0.25) is 0 Å². The van der Waals surface area contributed by atoms with E-state index >= 15 is 0 Å². The molecule has 0 saturated heterocycles. The number of hydrogen-bond acceptors (Lipinski definition) is 6. The van der Waals surface area contributed by atoms with Gasteiger partial charge in [-0.25, -0.2) is 24.9 Å². The topological polar surface area (TPSA) is 77.6 Å². The summed E-state index contributed by atoms with van der Waals surface area (Å²) >= 11 is 0. The minimum Gasteiger partial charge on any atom is -0.456 e. The molecule has 0 amide bonds. The van der Waals surface area contributed by atoms with Crippen LogP contribution in [-0.4, -0.2) is 24.9 Å². The molecule has 0 fully saturated rings. The molecule has 0 aliphatic heterocycles. The highest BCUT2D eigenvalue weighted by atomic mass is 16.3. The molecule has 73 heavy (non-hydrogen) atoms. The lowest BCUT2D eigenvalue weighted by Crippen LogP contribution is -2.00. The van der Waals surface area contributed by atoms with Crippen molar-refractivity contribution in [3.8, 4) is 113 Å². The van der Waals surface area contributed by atoms with Crippen LogP contribution in [0.1, 0.15) is 0 Å². The van der Waals surface area contributed by atoms with Gasteiger partial charge in [-0.1, -0.05) is 224 Å². The van der Waals surface area contributed by atoms with E-state index in [4.69, 9.17) is 29.3 Å². The molecule has 6 heteroatoms. The number of fused-ring (bicyclic) bond motifs is 3. The molecule has 0 radical (unpaired) electrons. The first kappa shape index (κ1) is 43.1. The van der Waals surface area contributed by atoms with Crippen LogP contribution in [0.4, 0.5) is 0 Å². The SMILES string of the molecule is c1ccc(-c2ccc(-c3cc(-c4cccc(-c5cccc(-c6nc(-c7ccc(-c8ccccc8)cc7)nc(-c7ccc(-c8ccccc8)cc7)n6)c5)c4)nc(-c4ccc5c(c4)oc4ccccc45)n3)cc2)cc1. The summed E-state index contributed by atoms with van der Waals surface area (Å²) < 4.78 is 6.33. The Kier molecular flexibility index (Phi) is 11.1. The van der Waals surface area contributed by atoms with E-state index in [1.165, 1.54) is 0 Å². The molecular formula is C67H43N5O. The molecule has 0 spiro atoms. The predicted molar refractivity (Wildman–Crippen MR) is 297 cm³/mol. The summed E-state index contributed by atoms with van der Waals surface area (Å²) in [5, 5.41) is 2.14. The van der Waals surface area contributed by atoms with Crippen molar-refractivity contribution < 1.29 is 4.42 Å². The number of benzene rings is 10. The van der Waals surface area contributed by atoms with Gasteiger partial charge in [0.05, 0.1) is 11.4 Å². The molecule has 0 unspecified atom stereocenters. The van der Waals surface area contributed by atoms with E-state index in [-0.39, 0.29) is 0 Å². The van der Waals surface area contributed by atoms with Gasteiger partial charge in [0, 0.05) is 44.2 Å². The van der Waals surface area contributed by atoms with Crippen LogP contribution < -0.4 is 0 Å². The first-order valence-electron chi connectivity index (χ1n) is 24.4. The maximum atomic E-state index is 6.33. The van der Waals surface area contributed by atoms with E-state index in [9.17, 15) is 0 Å². The Morgan fingerprint density at radius 3 is 1.08 bits per heavy atom. The first-order valence-corrected chi connectivity index (χ1v) is 24.4. The van der Waals surface area contributed by atoms with Crippen molar-refractivity contribution in [3.05, 3.63) is 261 Å². The van der Waals surface area contributed by atoms with E-state index in [0.717, 1.165) is 111 Å². The van der Waals surface area contributed by atoms with Crippen molar-refractivity contribution in [1.29, 1.82) is 0 Å². The Hall–Kier alpha value is -9.91. The first-order chi connectivity index (χ1) is 36.1. The van der Waals surface area contributed by atoms with Gasteiger partial charge in [0.15, 0.2) is 23.3 Å². The summed E-state index contributed by atoms with van der Waals surface area (Å²) in [4.78, 5) is 25.9. The minimum atomic E-state index is 0.585. The van der Waals surface area contributed by atoms with Crippen LogP contribution in [-0.2, 0) is 0 Å². The van der Waals surface area contributed by atoms with Gasteiger partial charge in [-0.2, -0.15) is 0 Å². The van der Waals surface area contributed by atoms with E-state index in [0.29, 0.717) is 23.3 Å². The van der Waals surface area contributed by atoms with Gasteiger partial charge in [0.25, 0.3) is 0 Å². The number of aromatic nitrogens is 5. The second kappa shape index (κ2) is 18.8. The molecule has 10 aromatic carbocycles. The van der Waals surface area contributed by atoms with Gasteiger partial charge < -0.3 is 4.42 Å². The Morgan fingerprint density at radius 1 is 0.192 bits per heavy atom. The summed E-state index contributed by atoms with van der Waals surface area (Å²) in [6.07, 6.45) is 0. The maximum Gasteiger partial charge on any atom is 0.164 e. The number of rotatable bonds is 10. The third-order valence-electron chi connectivity index (χ3n) is 13.4. The van der Waals surface area contributed by atoms with Crippen LogP contribution in [0.2, 0.25) is 0 Å². The molecule has 13 aromatic rings. The summed E-state index contributed by atoms with van der Waals surface area (Å²) in [6.45, 7) is 0. The molecule has 3 heterocycles. The standard InChI is InChI=1S/C67H43N5O/c1-4-14-44(15-5-1)47-26-32-50(33-27-47)60-43-61(69-66(68-60)57-38-39-59-58-24-10-11-25-62(58)73-63(59)42-57)55-22-12-20-53(40-55)54-21-13-23-56(41-54)67-71-64(51-34-28-48(29-35-51)45-16-6-2-7-17-45)70-65(72-67)52-36-30-49(31-37-52)46-18-8-3-9-19-46/h1-43H.